The fourth-order valence-corrected chi connectivity index (χ4v) is 3.66. The number of rotatable bonds is 4. The molecule has 26 heavy (non-hydrogen) atoms. The second-order valence-corrected chi connectivity index (χ2v) is 8.30. The molecule has 0 radical (unpaired) electrons. The number of nitrogen functional groups attached to an aromatic ring is 1. The van der Waals surface area contributed by atoms with Crippen LogP contribution in [-0.4, -0.2) is 5.91 Å². The number of anilines is 1. The van der Waals surface area contributed by atoms with E-state index in [0.29, 0.717) is 17.1 Å². The van der Waals surface area contributed by atoms with Gasteiger partial charge in [-0.3, -0.25) is 4.79 Å². The van der Waals surface area contributed by atoms with Crippen molar-refractivity contribution >= 4 is 22.2 Å². The first kappa shape index (κ1) is 18.2. The summed E-state index contributed by atoms with van der Waals surface area (Å²) in [5.74, 6) is -0.137. The Bertz CT molecular complexity index is 890. The highest BCUT2D eigenvalue weighted by Crippen LogP contribution is 2.34. The summed E-state index contributed by atoms with van der Waals surface area (Å²) in [4.78, 5) is 12.7. The number of hydrogen-bond acceptors (Lipinski definition) is 3. The van der Waals surface area contributed by atoms with Crippen molar-refractivity contribution in [3.8, 4) is 11.1 Å². The average molecular weight is 365 g/mol. The molecule has 2 aromatic carbocycles. The third-order valence-electron chi connectivity index (χ3n) is 4.40. The van der Waals surface area contributed by atoms with Gasteiger partial charge in [-0.25, -0.2) is 0 Å². The summed E-state index contributed by atoms with van der Waals surface area (Å²) >= 11 is 1.40. The molecule has 1 amide bonds. The Kier molecular flexibility index (Phi) is 5.14. The van der Waals surface area contributed by atoms with E-state index < -0.39 is 0 Å². The van der Waals surface area contributed by atoms with Gasteiger partial charge in [0.05, 0.1) is 10.6 Å². The number of carbonyl (C=O) groups excluding carboxylic acids is 1. The van der Waals surface area contributed by atoms with Crippen molar-refractivity contribution in [2.24, 2.45) is 0 Å². The maximum absolute atomic E-state index is 12.7. The molecule has 1 heterocycles. The molecule has 0 aliphatic rings. The van der Waals surface area contributed by atoms with Crippen LogP contribution in [0.15, 0.2) is 60.0 Å². The van der Waals surface area contributed by atoms with Crippen LogP contribution in [-0.2, 0) is 12.0 Å². The maximum Gasteiger partial charge on any atom is 0.255 e. The zero-order chi connectivity index (χ0) is 18.7. The van der Waals surface area contributed by atoms with Crippen LogP contribution in [0.3, 0.4) is 0 Å². The monoisotopic (exact) mass is 364 g/mol. The van der Waals surface area contributed by atoms with Crippen molar-refractivity contribution in [1.29, 1.82) is 0 Å². The van der Waals surface area contributed by atoms with E-state index in [9.17, 15) is 4.79 Å². The van der Waals surface area contributed by atoms with E-state index in [-0.39, 0.29) is 11.3 Å². The lowest BCUT2D eigenvalue weighted by molar-refractivity contribution is 0.0953. The lowest BCUT2D eigenvalue weighted by atomic mass is 9.86. The number of amides is 1. The van der Waals surface area contributed by atoms with E-state index in [0.717, 1.165) is 16.7 Å². The molecule has 0 spiro atoms. The molecule has 0 saturated heterocycles. The van der Waals surface area contributed by atoms with Gasteiger partial charge in [-0.2, -0.15) is 0 Å². The van der Waals surface area contributed by atoms with Gasteiger partial charge in [-0.05, 0) is 22.1 Å². The average Bonchev–Trinajstić information content (AvgIpc) is 3.01. The second kappa shape index (κ2) is 7.34. The number of thiophene rings is 1. The molecule has 3 rings (SSSR count). The molecule has 3 aromatic rings. The van der Waals surface area contributed by atoms with Gasteiger partial charge >= 0.3 is 0 Å². The largest absolute Gasteiger partial charge is 0.390 e. The van der Waals surface area contributed by atoms with Crippen molar-refractivity contribution in [1.82, 2.24) is 5.32 Å². The summed E-state index contributed by atoms with van der Waals surface area (Å²) in [6.07, 6.45) is 0. The van der Waals surface area contributed by atoms with Gasteiger partial charge in [0.25, 0.3) is 5.91 Å². The Hall–Kier alpha value is -2.59. The molecule has 1 aromatic heterocycles. The zero-order valence-electron chi connectivity index (χ0n) is 15.4. The number of hydrogen-bond donors (Lipinski definition) is 2. The summed E-state index contributed by atoms with van der Waals surface area (Å²) in [6, 6.07) is 18.2. The molecule has 0 aliphatic heterocycles. The van der Waals surface area contributed by atoms with Crippen molar-refractivity contribution in [2.75, 3.05) is 5.73 Å². The van der Waals surface area contributed by atoms with Crippen molar-refractivity contribution in [3.63, 3.8) is 0 Å². The van der Waals surface area contributed by atoms with Gasteiger partial charge < -0.3 is 11.1 Å². The van der Waals surface area contributed by atoms with Crippen molar-refractivity contribution in [2.45, 2.75) is 32.7 Å². The number of nitrogens with one attached hydrogen (secondary N) is 1. The molecule has 0 unspecified atom stereocenters. The molecule has 0 atom stereocenters. The maximum atomic E-state index is 12.7. The molecule has 4 heteroatoms. The second-order valence-electron chi connectivity index (χ2n) is 7.38. The molecule has 0 bridgehead atoms. The van der Waals surface area contributed by atoms with Crippen LogP contribution in [0.5, 0.6) is 0 Å². The number of nitrogens with two attached hydrogens (primary N) is 1. The minimum Gasteiger partial charge on any atom is -0.390 e. The zero-order valence-corrected chi connectivity index (χ0v) is 16.2. The minimum absolute atomic E-state index is 0.0993. The number of carbonyl (C=O) groups is 1. The summed E-state index contributed by atoms with van der Waals surface area (Å²) in [7, 11) is 0. The van der Waals surface area contributed by atoms with Gasteiger partial charge in [0.2, 0.25) is 0 Å². The Balaban J connectivity index is 1.83. The topological polar surface area (TPSA) is 55.1 Å². The fraction of sp³-hybridized carbons (Fsp3) is 0.227. The SMILES string of the molecule is CC(C)(C)c1ccc(-c2csc(N)c2C(=O)NCc2ccccc2)cc1. The van der Waals surface area contributed by atoms with Gasteiger partial charge in [0.15, 0.2) is 0 Å². The predicted molar refractivity (Wildman–Crippen MR) is 110 cm³/mol. The van der Waals surface area contributed by atoms with Crippen LogP contribution in [0.4, 0.5) is 5.00 Å². The Morgan fingerprint density at radius 2 is 1.69 bits per heavy atom. The highest BCUT2D eigenvalue weighted by Gasteiger charge is 2.19. The molecular weight excluding hydrogens is 340 g/mol. The van der Waals surface area contributed by atoms with Crippen LogP contribution in [0.2, 0.25) is 0 Å². The molecule has 0 fully saturated rings. The molecule has 134 valence electrons. The molecule has 0 saturated carbocycles. The summed E-state index contributed by atoms with van der Waals surface area (Å²) < 4.78 is 0. The summed E-state index contributed by atoms with van der Waals surface area (Å²) in [6.45, 7) is 7.05. The predicted octanol–water partition coefficient (Wildman–Crippen LogP) is 5.22. The lowest BCUT2D eigenvalue weighted by Gasteiger charge is -2.19. The Labute approximate surface area is 158 Å². The van der Waals surface area contributed by atoms with E-state index in [1.54, 1.807) is 0 Å². The minimum atomic E-state index is -0.137. The third kappa shape index (κ3) is 3.97. The van der Waals surface area contributed by atoms with E-state index in [1.807, 2.05) is 35.7 Å². The van der Waals surface area contributed by atoms with Gasteiger partial charge in [0.1, 0.15) is 0 Å². The Morgan fingerprint density at radius 3 is 2.31 bits per heavy atom. The van der Waals surface area contributed by atoms with Gasteiger partial charge in [0, 0.05) is 17.5 Å². The fourth-order valence-electron chi connectivity index (χ4n) is 2.84. The smallest absolute Gasteiger partial charge is 0.255 e. The highest BCUT2D eigenvalue weighted by molar-refractivity contribution is 7.15. The first-order valence-electron chi connectivity index (χ1n) is 8.66. The van der Waals surface area contributed by atoms with E-state index in [1.165, 1.54) is 16.9 Å². The molecule has 3 N–H and O–H groups in total. The van der Waals surface area contributed by atoms with E-state index >= 15 is 0 Å². The summed E-state index contributed by atoms with van der Waals surface area (Å²) in [5, 5.41) is 5.48. The number of benzene rings is 2. The standard InChI is InChI=1S/C22H24N2OS/c1-22(2,3)17-11-9-16(10-12-17)18-14-26-20(23)19(18)21(25)24-13-15-7-5-4-6-8-15/h4-12,14H,13,23H2,1-3H3,(H,24,25). The van der Waals surface area contributed by atoms with Gasteiger partial charge in [-0.15, -0.1) is 11.3 Å². The first-order valence-corrected chi connectivity index (χ1v) is 9.54. The summed E-state index contributed by atoms with van der Waals surface area (Å²) in [5.41, 5.74) is 11.0. The quantitative estimate of drug-likeness (QED) is 0.666. The third-order valence-corrected chi connectivity index (χ3v) is 5.22. The lowest BCUT2D eigenvalue weighted by Crippen LogP contribution is -2.23. The van der Waals surface area contributed by atoms with Crippen molar-refractivity contribution in [3.05, 3.63) is 76.7 Å². The molecular formula is C22H24N2OS. The Morgan fingerprint density at radius 1 is 1.04 bits per heavy atom. The molecule has 0 aliphatic carbocycles. The van der Waals surface area contributed by atoms with E-state index in [4.69, 9.17) is 5.73 Å². The highest BCUT2D eigenvalue weighted by atomic mass is 32.1. The van der Waals surface area contributed by atoms with Crippen LogP contribution in [0.1, 0.15) is 42.3 Å². The van der Waals surface area contributed by atoms with Crippen LogP contribution >= 0.6 is 11.3 Å². The van der Waals surface area contributed by atoms with Crippen LogP contribution < -0.4 is 11.1 Å². The normalized spacial score (nSPS) is 11.3. The van der Waals surface area contributed by atoms with Crippen LogP contribution in [0.25, 0.3) is 11.1 Å². The molecule has 3 nitrogen and oxygen atoms in total. The van der Waals surface area contributed by atoms with E-state index in [2.05, 4.69) is 50.4 Å². The van der Waals surface area contributed by atoms with Crippen LogP contribution in [0, 0.1) is 0 Å². The van der Waals surface area contributed by atoms with Gasteiger partial charge in [-0.1, -0.05) is 75.4 Å². The van der Waals surface area contributed by atoms with Crippen molar-refractivity contribution < 1.29 is 4.79 Å². The first-order chi connectivity index (χ1) is 12.4.